The summed E-state index contributed by atoms with van der Waals surface area (Å²) in [5, 5.41) is 2.68. The molecule has 10 nitrogen and oxygen atoms in total. The molecule has 1 aliphatic heterocycles. The number of hydrogen-bond acceptors (Lipinski definition) is 8. The van der Waals surface area contributed by atoms with Gasteiger partial charge in [0.15, 0.2) is 11.5 Å². The number of imide groups is 1. The molecule has 0 saturated heterocycles. The molecule has 2 aromatic rings. The maximum atomic E-state index is 13.6. The lowest BCUT2D eigenvalue weighted by atomic mass is 10.1. The van der Waals surface area contributed by atoms with Crippen molar-refractivity contribution in [3.8, 4) is 11.5 Å². The summed E-state index contributed by atoms with van der Waals surface area (Å²) >= 11 is 0. The topological polar surface area (TPSA) is 122 Å². The van der Waals surface area contributed by atoms with E-state index in [1.165, 1.54) is 19.2 Å². The Kier molecular flexibility index (Phi) is 9.47. The number of halogens is 1. The van der Waals surface area contributed by atoms with Crippen molar-refractivity contribution >= 4 is 33.2 Å². The molecule has 3 amide bonds. The van der Waals surface area contributed by atoms with Gasteiger partial charge in [-0.25, -0.2) is 8.42 Å². The predicted octanol–water partition coefficient (Wildman–Crippen LogP) is -0.908. The fourth-order valence-electron chi connectivity index (χ4n) is 3.94. The molecule has 196 valence electrons. The van der Waals surface area contributed by atoms with Crippen molar-refractivity contribution < 1.29 is 46.1 Å². The summed E-state index contributed by atoms with van der Waals surface area (Å²) in [5.41, 5.74) is 0.710. The fraction of sp³-hybridized carbons (Fsp3) is 0.375. The van der Waals surface area contributed by atoms with E-state index < -0.39 is 33.4 Å². The third-order valence-electron chi connectivity index (χ3n) is 5.32. The summed E-state index contributed by atoms with van der Waals surface area (Å²) in [6.07, 6.45) is 1.04. The second kappa shape index (κ2) is 11.7. The number of hydrogen-bond donors (Lipinski definition) is 1. The van der Waals surface area contributed by atoms with Crippen LogP contribution in [-0.4, -0.2) is 82.3 Å². The van der Waals surface area contributed by atoms with E-state index in [1.807, 2.05) is 0 Å². The van der Waals surface area contributed by atoms with Crippen molar-refractivity contribution in [2.24, 2.45) is 0 Å². The van der Waals surface area contributed by atoms with Gasteiger partial charge >= 0.3 is 1.43 Å². The number of sulfone groups is 1. The van der Waals surface area contributed by atoms with Gasteiger partial charge in [-0.1, -0.05) is 12.1 Å². The Bertz CT molecular complexity index is 1270. The Morgan fingerprint density at radius 1 is 1.14 bits per heavy atom. The number of likely N-dealkylation sites (N-methyl/N-ethyl adjacent to an activating group) is 1. The number of anilines is 1. The lowest BCUT2D eigenvalue weighted by Crippen LogP contribution is -3.00. The first kappa shape index (κ1) is 29.1. The predicted molar refractivity (Wildman–Crippen MR) is 132 cm³/mol. The van der Waals surface area contributed by atoms with Gasteiger partial charge in [-0.05, 0) is 50.8 Å². The van der Waals surface area contributed by atoms with Gasteiger partial charge in [0.2, 0.25) is 5.91 Å². The standard InChI is InChI=1S/C24H29N3O7S.ClH/c1-6-34-20-12-15(10-11-19(20)33-4)18(14-35(5,31)32)27-23(29)16-8-7-9-17(22(16)24(27)30)25-21(28)13-26(2)3;/h7-12,18H,6,13-14H2,1-5H3,(H,25,28);1H/t18-;/m1./s1. The summed E-state index contributed by atoms with van der Waals surface area (Å²) in [6.45, 7) is 2.20. The van der Waals surface area contributed by atoms with Crippen LogP contribution >= 0.6 is 0 Å². The minimum absolute atomic E-state index is 0. The maximum absolute atomic E-state index is 13.6. The Hall–Kier alpha value is -3.15. The van der Waals surface area contributed by atoms with Crippen LogP contribution in [0.1, 0.15) is 40.7 Å². The van der Waals surface area contributed by atoms with Gasteiger partial charge in [-0.3, -0.25) is 19.3 Å². The highest BCUT2D eigenvalue weighted by Crippen LogP contribution is 2.38. The van der Waals surface area contributed by atoms with Gasteiger partial charge in [0, 0.05) is 6.26 Å². The smallest absolute Gasteiger partial charge is 1.00 e. The van der Waals surface area contributed by atoms with Gasteiger partial charge in [-0.2, -0.15) is 0 Å². The lowest BCUT2D eigenvalue weighted by molar-refractivity contribution is -0.116. The van der Waals surface area contributed by atoms with Crippen molar-refractivity contribution in [3.63, 3.8) is 0 Å². The Balaban J connectivity index is 0.00000342. The molecule has 12 heteroatoms. The molecule has 0 bridgehead atoms. The van der Waals surface area contributed by atoms with Crippen LogP contribution in [0.4, 0.5) is 5.69 Å². The summed E-state index contributed by atoms with van der Waals surface area (Å²) < 4.78 is 35.6. The van der Waals surface area contributed by atoms with Crippen molar-refractivity contribution in [1.29, 1.82) is 0 Å². The molecule has 1 N–H and O–H groups in total. The third-order valence-corrected chi connectivity index (χ3v) is 6.25. The lowest BCUT2D eigenvalue weighted by Gasteiger charge is -2.27. The van der Waals surface area contributed by atoms with Crippen LogP contribution in [0.5, 0.6) is 11.5 Å². The van der Waals surface area contributed by atoms with Gasteiger partial charge in [0.05, 0.1) is 48.9 Å². The average molecular weight is 540 g/mol. The SMILES string of the molecule is CCOc1cc([C@@H](CS(C)(=O)=O)N2C(=O)c3cccc(NC(=O)CN(C)C)c3C2=O)ccc1OC.[Cl-].[H+]. The molecule has 1 aliphatic rings. The van der Waals surface area contributed by atoms with Gasteiger partial charge in [0.1, 0.15) is 9.84 Å². The first-order valence-electron chi connectivity index (χ1n) is 10.9. The van der Waals surface area contributed by atoms with Gasteiger partial charge in [0.25, 0.3) is 11.8 Å². The first-order chi connectivity index (χ1) is 16.5. The van der Waals surface area contributed by atoms with Crippen LogP contribution in [0.2, 0.25) is 0 Å². The zero-order chi connectivity index (χ0) is 25.9. The number of fused-ring (bicyclic) bond motifs is 1. The second-order valence-electron chi connectivity index (χ2n) is 8.45. The van der Waals surface area contributed by atoms with E-state index in [0.717, 1.165) is 11.2 Å². The number of nitrogens with zero attached hydrogens (tertiary/aromatic N) is 2. The second-order valence-corrected chi connectivity index (χ2v) is 10.6. The van der Waals surface area contributed by atoms with Crippen LogP contribution in [0.15, 0.2) is 36.4 Å². The van der Waals surface area contributed by atoms with E-state index in [2.05, 4.69) is 5.32 Å². The molecule has 0 aromatic heterocycles. The molecular formula is C24H30ClN3O7S. The highest BCUT2D eigenvalue weighted by molar-refractivity contribution is 7.90. The van der Waals surface area contributed by atoms with Crippen LogP contribution in [0.25, 0.3) is 0 Å². The van der Waals surface area contributed by atoms with E-state index in [1.54, 1.807) is 50.2 Å². The molecule has 0 radical (unpaired) electrons. The van der Waals surface area contributed by atoms with E-state index in [9.17, 15) is 22.8 Å². The number of methoxy groups -OCH3 is 1. The molecule has 36 heavy (non-hydrogen) atoms. The highest BCUT2D eigenvalue weighted by atomic mass is 35.5. The van der Waals surface area contributed by atoms with Crippen molar-refractivity contribution in [3.05, 3.63) is 53.1 Å². The summed E-state index contributed by atoms with van der Waals surface area (Å²) in [7, 11) is 1.31. The molecule has 2 aromatic carbocycles. The number of nitrogens with one attached hydrogen (secondary N) is 1. The number of amides is 3. The van der Waals surface area contributed by atoms with Crippen LogP contribution < -0.4 is 27.2 Å². The average Bonchev–Trinajstić information content (AvgIpc) is 3.02. The summed E-state index contributed by atoms with van der Waals surface area (Å²) in [4.78, 5) is 41.9. The van der Waals surface area contributed by atoms with Crippen molar-refractivity contribution in [1.82, 2.24) is 9.80 Å². The number of rotatable bonds is 10. The molecule has 0 aliphatic carbocycles. The molecule has 0 unspecified atom stereocenters. The summed E-state index contributed by atoms with van der Waals surface area (Å²) in [5.74, 6) is -1.38. The molecule has 3 rings (SSSR count). The largest absolute Gasteiger partial charge is 1.00 e. The zero-order valence-corrected chi connectivity index (χ0v) is 22.3. The quantitative estimate of drug-likeness (QED) is 0.385. The van der Waals surface area contributed by atoms with E-state index in [-0.39, 0.29) is 43.1 Å². The van der Waals surface area contributed by atoms with E-state index in [0.29, 0.717) is 23.7 Å². The normalized spacial score (nSPS) is 13.8. The monoisotopic (exact) mass is 539 g/mol. The molecular weight excluding hydrogens is 510 g/mol. The van der Waals surface area contributed by atoms with Crippen LogP contribution in [0, 0.1) is 0 Å². The highest BCUT2D eigenvalue weighted by Gasteiger charge is 2.43. The minimum atomic E-state index is -3.62. The Morgan fingerprint density at radius 2 is 1.83 bits per heavy atom. The fourth-order valence-corrected chi connectivity index (χ4v) is 4.86. The van der Waals surface area contributed by atoms with E-state index in [4.69, 9.17) is 9.47 Å². The minimum Gasteiger partial charge on any atom is -1.00 e. The Morgan fingerprint density at radius 3 is 2.42 bits per heavy atom. The maximum Gasteiger partial charge on any atom is 1.00 e. The van der Waals surface area contributed by atoms with E-state index >= 15 is 0 Å². The third kappa shape index (κ3) is 6.34. The number of carbonyl (C=O) groups is 3. The number of benzene rings is 2. The van der Waals surface area contributed by atoms with Gasteiger partial charge < -0.3 is 32.1 Å². The van der Waals surface area contributed by atoms with Crippen molar-refractivity contribution in [2.75, 3.05) is 51.7 Å². The number of carbonyl (C=O) groups excluding carboxylic acids is 3. The molecule has 0 saturated carbocycles. The number of ether oxygens (including phenoxy) is 2. The van der Waals surface area contributed by atoms with Crippen LogP contribution in [-0.2, 0) is 14.6 Å². The Labute approximate surface area is 218 Å². The van der Waals surface area contributed by atoms with Crippen molar-refractivity contribution in [2.45, 2.75) is 13.0 Å². The first-order valence-corrected chi connectivity index (χ1v) is 13.0. The zero-order valence-electron chi connectivity index (χ0n) is 21.7. The molecule has 1 heterocycles. The molecule has 1 atom stereocenters. The van der Waals surface area contributed by atoms with Crippen LogP contribution in [0.3, 0.4) is 0 Å². The molecule has 0 fully saturated rings. The van der Waals surface area contributed by atoms with Gasteiger partial charge in [-0.15, -0.1) is 0 Å². The summed E-state index contributed by atoms with van der Waals surface area (Å²) in [6, 6.07) is 8.22. The molecule has 0 spiro atoms.